The number of rotatable bonds is 3. The molecule has 1 aromatic heterocycles. The summed E-state index contributed by atoms with van der Waals surface area (Å²) < 4.78 is 10.1. The smallest absolute Gasteiger partial charge is 0.358 e. The minimum absolute atomic E-state index is 0.137. The molecule has 1 atom stereocenters. The quantitative estimate of drug-likeness (QED) is 0.727. The number of carbonyl (C=O) groups is 1. The zero-order valence-electron chi connectivity index (χ0n) is 8.97. The van der Waals surface area contributed by atoms with Crippen molar-refractivity contribution in [1.82, 2.24) is 15.5 Å². The van der Waals surface area contributed by atoms with Crippen LogP contribution < -0.4 is 10.1 Å². The summed E-state index contributed by atoms with van der Waals surface area (Å²) in [6, 6.07) is 3.16. The fourth-order valence-electron chi connectivity index (χ4n) is 1.50. The van der Waals surface area contributed by atoms with Crippen LogP contribution in [0.15, 0.2) is 12.1 Å². The molecule has 0 saturated carbocycles. The van der Waals surface area contributed by atoms with Crippen molar-refractivity contribution in [3.05, 3.63) is 17.8 Å². The molecule has 2 heterocycles. The number of hydrogen-bond acceptors (Lipinski definition) is 6. The van der Waals surface area contributed by atoms with E-state index in [0.29, 0.717) is 5.88 Å². The largest absolute Gasteiger partial charge is 0.472 e. The summed E-state index contributed by atoms with van der Waals surface area (Å²) in [5.41, 5.74) is 0.180. The summed E-state index contributed by atoms with van der Waals surface area (Å²) >= 11 is 0. The number of aromatic nitrogens is 2. The van der Waals surface area contributed by atoms with E-state index in [1.165, 1.54) is 13.2 Å². The van der Waals surface area contributed by atoms with Gasteiger partial charge < -0.3 is 14.8 Å². The minimum atomic E-state index is -0.499. The molecule has 16 heavy (non-hydrogen) atoms. The number of nitrogens with zero attached hydrogens (tertiary/aromatic N) is 2. The lowest BCUT2D eigenvalue weighted by molar-refractivity contribution is 0.0592. The Morgan fingerprint density at radius 2 is 2.38 bits per heavy atom. The summed E-state index contributed by atoms with van der Waals surface area (Å²) in [4.78, 5) is 11.1. The first-order valence-electron chi connectivity index (χ1n) is 5.09. The Morgan fingerprint density at radius 3 is 2.94 bits per heavy atom. The standard InChI is InChI=1S/C10H13N3O3/c1-15-10(14)8-2-3-9(13-12-8)16-7-4-5-11-6-7/h2-3,7,11H,4-6H2,1H3. The number of ether oxygens (including phenoxy) is 2. The fourth-order valence-corrected chi connectivity index (χ4v) is 1.50. The van der Waals surface area contributed by atoms with E-state index in [1.807, 2.05) is 0 Å². The van der Waals surface area contributed by atoms with Gasteiger partial charge in [0.15, 0.2) is 5.69 Å². The number of nitrogens with one attached hydrogen (secondary N) is 1. The maximum Gasteiger partial charge on any atom is 0.358 e. The van der Waals surface area contributed by atoms with Gasteiger partial charge in [0, 0.05) is 12.6 Å². The zero-order valence-corrected chi connectivity index (χ0v) is 8.97. The van der Waals surface area contributed by atoms with Crippen LogP contribution in [0.25, 0.3) is 0 Å². The van der Waals surface area contributed by atoms with Crippen LogP contribution in [-0.2, 0) is 4.74 Å². The van der Waals surface area contributed by atoms with E-state index in [9.17, 15) is 4.79 Å². The van der Waals surface area contributed by atoms with E-state index in [-0.39, 0.29) is 11.8 Å². The van der Waals surface area contributed by atoms with Crippen molar-refractivity contribution in [3.8, 4) is 5.88 Å². The van der Waals surface area contributed by atoms with Crippen LogP contribution in [0.2, 0.25) is 0 Å². The van der Waals surface area contributed by atoms with Crippen molar-refractivity contribution in [2.24, 2.45) is 0 Å². The highest BCUT2D eigenvalue weighted by molar-refractivity contribution is 5.86. The Labute approximate surface area is 93.0 Å². The molecular formula is C10H13N3O3. The van der Waals surface area contributed by atoms with E-state index < -0.39 is 5.97 Å². The Hall–Kier alpha value is -1.69. The highest BCUT2D eigenvalue weighted by atomic mass is 16.5. The second-order valence-electron chi connectivity index (χ2n) is 3.48. The van der Waals surface area contributed by atoms with Gasteiger partial charge in [-0.1, -0.05) is 0 Å². The van der Waals surface area contributed by atoms with E-state index in [1.54, 1.807) is 6.07 Å². The molecule has 1 aliphatic heterocycles. The Morgan fingerprint density at radius 1 is 1.50 bits per heavy atom. The molecule has 1 aliphatic rings. The predicted octanol–water partition coefficient (Wildman–Crippen LogP) is 0.00390. The Balaban J connectivity index is 1.98. The first-order valence-corrected chi connectivity index (χ1v) is 5.09. The third kappa shape index (κ3) is 2.46. The number of methoxy groups -OCH3 is 1. The zero-order chi connectivity index (χ0) is 11.4. The molecule has 1 aromatic rings. The van der Waals surface area contributed by atoms with Crippen molar-refractivity contribution >= 4 is 5.97 Å². The molecule has 6 nitrogen and oxygen atoms in total. The topological polar surface area (TPSA) is 73.3 Å². The molecule has 2 rings (SSSR count). The van der Waals surface area contributed by atoms with Gasteiger partial charge in [0.1, 0.15) is 6.10 Å². The van der Waals surface area contributed by atoms with E-state index in [0.717, 1.165) is 19.5 Å². The molecule has 1 fully saturated rings. The average molecular weight is 223 g/mol. The van der Waals surface area contributed by atoms with Crippen molar-refractivity contribution < 1.29 is 14.3 Å². The molecule has 0 aliphatic carbocycles. The van der Waals surface area contributed by atoms with Crippen molar-refractivity contribution in [1.29, 1.82) is 0 Å². The molecule has 0 spiro atoms. The van der Waals surface area contributed by atoms with E-state index in [4.69, 9.17) is 4.74 Å². The van der Waals surface area contributed by atoms with Crippen LogP contribution in [0.3, 0.4) is 0 Å². The maximum atomic E-state index is 11.1. The summed E-state index contributed by atoms with van der Waals surface area (Å²) in [5.74, 6) is -0.0667. The highest BCUT2D eigenvalue weighted by Crippen LogP contribution is 2.11. The molecule has 0 amide bonds. The lowest BCUT2D eigenvalue weighted by atomic mass is 10.3. The van der Waals surface area contributed by atoms with Crippen LogP contribution in [0, 0.1) is 0 Å². The fraction of sp³-hybridized carbons (Fsp3) is 0.500. The van der Waals surface area contributed by atoms with Crippen molar-refractivity contribution in [2.75, 3.05) is 20.2 Å². The van der Waals surface area contributed by atoms with Gasteiger partial charge in [0.25, 0.3) is 0 Å². The van der Waals surface area contributed by atoms with Crippen molar-refractivity contribution in [3.63, 3.8) is 0 Å². The normalized spacial score (nSPS) is 19.4. The van der Waals surface area contributed by atoms with Gasteiger partial charge in [0.2, 0.25) is 5.88 Å². The number of esters is 1. The van der Waals surface area contributed by atoms with Gasteiger partial charge in [-0.3, -0.25) is 0 Å². The van der Waals surface area contributed by atoms with Crippen LogP contribution in [0.4, 0.5) is 0 Å². The number of carbonyl (C=O) groups excluding carboxylic acids is 1. The Kier molecular flexibility index (Phi) is 3.31. The molecular weight excluding hydrogens is 210 g/mol. The van der Waals surface area contributed by atoms with Crippen LogP contribution in [0.5, 0.6) is 5.88 Å². The average Bonchev–Trinajstić information content (AvgIpc) is 2.82. The van der Waals surface area contributed by atoms with Crippen molar-refractivity contribution in [2.45, 2.75) is 12.5 Å². The molecule has 1 saturated heterocycles. The molecule has 0 radical (unpaired) electrons. The van der Waals surface area contributed by atoms with Crippen LogP contribution in [0.1, 0.15) is 16.9 Å². The van der Waals surface area contributed by atoms with E-state index >= 15 is 0 Å². The van der Waals surface area contributed by atoms with Gasteiger partial charge in [-0.05, 0) is 19.0 Å². The monoisotopic (exact) mass is 223 g/mol. The van der Waals surface area contributed by atoms with E-state index in [2.05, 4.69) is 20.3 Å². The third-order valence-corrected chi connectivity index (χ3v) is 2.34. The van der Waals surface area contributed by atoms with Gasteiger partial charge in [-0.15, -0.1) is 10.2 Å². The third-order valence-electron chi connectivity index (χ3n) is 2.34. The summed E-state index contributed by atoms with van der Waals surface area (Å²) in [5, 5.41) is 10.7. The molecule has 6 heteroatoms. The maximum absolute atomic E-state index is 11.1. The second-order valence-corrected chi connectivity index (χ2v) is 3.48. The molecule has 0 aromatic carbocycles. The van der Waals surface area contributed by atoms with Crippen LogP contribution in [-0.4, -0.2) is 42.5 Å². The number of hydrogen-bond donors (Lipinski definition) is 1. The Bertz CT molecular complexity index is 360. The summed E-state index contributed by atoms with van der Waals surface area (Å²) in [6.45, 7) is 1.78. The first-order chi connectivity index (χ1) is 7.79. The molecule has 86 valence electrons. The van der Waals surface area contributed by atoms with Crippen LogP contribution >= 0.6 is 0 Å². The lowest BCUT2D eigenvalue weighted by Crippen LogP contribution is -2.20. The van der Waals surface area contributed by atoms with Gasteiger partial charge in [0.05, 0.1) is 7.11 Å². The highest BCUT2D eigenvalue weighted by Gasteiger charge is 2.17. The first kappa shape index (κ1) is 10.8. The summed E-state index contributed by atoms with van der Waals surface area (Å²) in [7, 11) is 1.30. The predicted molar refractivity (Wildman–Crippen MR) is 55.3 cm³/mol. The second kappa shape index (κ2) is 4.89. The minimum Gasteiger partial charge on any atom is -0.472 e. The SMILES string of the molecule is COC(=O)c1ccc(OC2CCNC2)nn1. The lowest BCUT2D eigenvalue weighted by Gasteiger charge is -2.10. The molecule has 1 N–H and O–H groups in total. The molecule has 0 bridgehead atoms. The molecule has 1 unspecified atom stereocenters. The van der Waals surface area contributed by atoms with Gasteiger partial charge in [-0.25, -0.2) is 4.79 Å². The van der Waals surface area contributed by atoms with Gasteiger partial charge in [-0.2, -0.15) is 0 Å². The summed E-state index contributed by atoms with van der Waals surface area (Å²) in [6.07, 6.45) is 1.10. The van der Waals surface area contributed by atoms with Gasteiger partial charge >= 0.3 is 5.97 Å².